The third-order valence-corrected chi connectivity index (χ3v) is 2.84. The molecule has 1 aromatic heterocycles. The third-order valence-electron chi connectivity index (χ3n) is 2.84. The van der Waals surface area contributed by atoms with Crippen molar-refractivity contribution in [3.63, 3.8) is 0 Å². The minimum atomic E-state index is -0.250. The highest BCUT2D eigenvalue weighted by Gasteiger charge is 2.27. The largest absolute Gasteiger partial charge is 0.379 e. The number of carbonyl (C=O) groups is 1. The van der Waals surface area contributed by atoms with Gasteiger partial charge in [0.05, 0.1) is 0 Å². The molecule has 0 fully saturated rings. The molecule has 0 aliphatic carbocycles. The van der Waals surface area contributed by atoms with Gasteiger partial charge in [-0.1, -0.05) is 24.3 Å². The quantitative estimate of drug-likeness (QED) is 0.783. The predicted octanol–water partition coefficient (Wildman–Crippen LogP) is 0.808. The topological polar surface area (TPSA) is 85.2 Å². The maximum Gasteiger partial charge on any atom is 0.280 e. The molecule has 0 unspecified atom stereocenters. The van der Waals surface area contributed by atoms with E-state index in [2.05, 4.69) is 14.9 Å². The van der Waals surface area contributed by atoms with Crippen LogP contribution in [0.3, 0.4) is 0 Å². The summed E-state index contributed by atoms with van der Waals surface area (Å²) in [6, 6.07) is 7.93. The normalized spacial score (nSPS) is 13.8. The molecule has 1 aromatic carbocycles. The van der Waals surface area contributed by atoms with Gasteiger partial charge in [0, 0.05) is 13.1 Å². The molecular formula is C11H10N4O2. The molecule has 0 spiro atoms. The van der Waals surface area contributed by atoms with Gasteiger partial charge < -0.3 is 10.6 Å². The molecular weight excluding hydrogens is 220 g/mol. The monoisotopic (exact) mass is 230 g/mol. The van der Waals surface area contributed by atoms with E-state index in [1.54, 1.807) is 4.90 Å². The molecule has 6 heteroatoms. The highest BCUT2D eigenvalue weighted by atomic mass is 16.6. The molecule has 1 amide bonds. The van der Waals surface area contributed by atoms with Gasteiger partial charge in [0.2, 0.25) is 11.5 Å². The Bertz CT molecular complexity index is 553. The van der Waals surface area contributed by atoms with Gasteiger partial charge in [-0.2, -0.15) is 0 Å². The van der Waals surface area contributed by atoms with Gasteiger partial charge in [0.15, 0.2) is 0 Å². The summed E-state index contributed by atoms with van der Waals surface area (Å²) >= 11 is 0. The molecule has 86 valence electrons. The highest BCUT2D eigenvalue weighted by molar-refractivity contribution is 5.96. The number of aromatic nitrogens is 2. The van der Waals surface area contributed by atoms with Crippen LogP contribution in [0.2, 0.25) is 0 Å². The molecule has 0 atom stereocenters. The number of nitrogens with zero attached hydrogens (tertiary/aromatic N) is 3. The van der Waals surface area contributed by atoms with E-state index >= 15 is 0 Å². The van der Waals surface area contributed by atoms with Gasteiger partial charge in [-0.3, -0.25) is 4.79 Å². The molecule has 3 rings (SSSR count). The van der Waals surface area contributed by atoms with Crippen molar-refractivity contribution in [1.82, 2.24) is 15.2 Å². The van der Waals surface area contributed by atoms with E-state index in [0.717, 1.165) is 11.1 Å². The molecule has 0 radical (unpaired) electrons. The number of carbonyl (C=O) groups excluding carboxylic acids is 1. The first-order chi connectivity index (χ1) is 8.25. The van der Waals surface area contributed by atoms with Crippen molar-refractivity contribution in [1.29, 1.82) is 0 Å². The second kappa shape index (κ2) is 3.58. The van der Waals surface area contributed by atoms with Crippen molar-refractivity contribution in [2.75, 3.05) is 5.73 Å². The van der Waals surface area contributed by atoms with Crippen LogP contribution in [-0.2, 0) is 13.1 Å². The van der Waals surface area contributed by atoms with Gasteiger partial charge in [0.25, 0.3) is 5.91 Å². The van der Waals surface area contributed by atoms with Crippen LogP contribution in [0.4, 0.5) is 5.82 Å². The fourth-order valence-electron chi connectivity index (χ4n) is 1.97. The lowest BCUT2D eigenvalue weighted by atomic mass is 10.1. The molecule has 0 saturated carbocycles. The summed E-state index contributed by atoms with van der Waals surface area (Å²) in [7, 11) is 0. The lowest BCUT2D eigenvalue weighted by molar-refractivity contribution is 0.0741. The first-order valence-electron chi connectivity index (χ1n) is 5.20. The molecule has 0 saturated heterocycles. The van der Waals surface area contributed by atoms with E-state index < -0.39 is 0 Å². The molecule has 6 nitrogen and oxygen atoms in total. The van der Waals surface area contributed by atoms with Crippen molar-refractivity contribution in [2.24, 2.45) is 0 Å². The Morgan fingerprint density at radius 2 is 1.88 bits per heavy atom. The molecule has 1 aliphatic rings. The Morgan fingerprint density at radius 3 is 2.41 bits per heavy atom. The standard InChI is InChI=1S/C11H10N4O2/c12-10-9(13-17-14-10)11(16)15-5-7-3-1-2-4-8(7)6-15/h1-4H,5-6H2,(H2,12,14). The van der Waals surface area contributed by atoms with Gasteiger partial charge in [-0.25, -0.2) is 4.63 Å². The first kappa shape index (κ1) is 9.83. The van der Waals surface area contributed by atoms with Crippen molar-refractivity contribution in [3.05, 3.63) is 41.1 Å². The van der Waals surface area contributed by atoms with E-state index in [0.29, 0.717) is 13.1 Å². The van der Waals surface area contributed by atoms with E-state index in [1.165, 1.54) is 0 Å². The minimum absolute atomic E-state index is 0.0333. The summed E-state index contributed by atoms with van der Waals surface area (Å²) in [5.41, 5.74) is 7.88. The maximum atomic E-state index is 12.1. The van der Waals surface area contributed by atoms with Crippen molar-refractivity contribution in [2.45, 2.75) is 13.1 Å². The Balaban J connectivity index is 1.86. The second-order valence-electron chi connectivity index (χ2n) is 3.93. The van der Waals surface area contributed by atoms with Crippen LogP contribution >= 0.6 is 0 Å². The Morgan fingerprint density at radius 1 is 1.24 bits per heavy atom. The predicted molar refractivity (Wildman–Crippen MR) is 58.7 cm³/mol. The van der Waals surface area contributed by atoms with Crippen LogP contribution in [-0.4, -0.2) is 21.1 Å². The molecule has 2 N–H and O–H groups in total. The molecule has 2 heterocycles. The number of rotatable bonds is 1. The number of hydrogen-bond donors (Lipinski definition) is 1. The molecule has 0 bridgehead atoms. The SMILES string of the molecule is Nc1nonc1C(=O)N1Cc2ccccc2C1. The Hall–Kier alpha value is -2.37. The van der Waals surface area contributed by atoms with Crippen molar-refractivity contribution < 1.29 is 9.42 Å². The zero-order valence-electron chi connectivity index (χ0n) is 8.96. The fraction of sp³-hybridized carbons (Fsp3) is 0.182. The summed E-state index contributed by atoms with van der Waals surface area (Å²) in [5, 5.41) is 6.92. The number of hydrogen-bond acceptors (Lipinski definition) is 5. The summed E-state index contributed by atoms with van der Waals surface area (Å²) in [6.45, 7) is 1.14. The van der Waals surface area contributed by atoms with E-state index in [-0.39, 0.29) is 17.4 Å². The number of benzene rings is 1. The van der Waals surface area contributed by atoms with Gasteiger partial charge in [0.1, 0.15) is 0 Å². The number of nitrogens with two attached hydrogens (primary N) is 1. The van der Waals surface area contributed by atoms with Crippen LogP contribution in [0.25, 0.3) is 0 Å². The highest BCUT2D eigenvalue weighted by Crippen LogP contribution is 2.24. The Kier molecular flexibility index (Phi) is 2.07. The summed E-state index contributed by atoms with van der Waals surface area (Å²) < 4.78 is 4.43. The Labute approximate surface area is 97.0 Å². The van der Waals surface area contributed by atoms with Crippen molar-refractivity contribution >= 4 is 11.7 Å². The second-order valence-corrected chi connectivity index (χ2v) is 3.93. The zero-order chi connectivity index (χ0) is 11.8. The van der Waals surface area contributed by atoms with Crippen LogP contribution in [0, 0.1) is 0 Å². The lowest BCUT2D eigenvalue weighted by Crippen LogP contribution is -2.26. The van der Waals surface area contributed by atoms with Crippen LogP contribution < -0.4 is 5.73 Å². The van der Waals surface area contributed by atoms with E-state index in [1.807, 2.05) is 24.3 Å². The number of amides is 1. The average Bonchev–Trinajstić information content (AvgIpc) is 2.93. The van der Waals surface area contributed by atoms with Crippen LogP contribution in [0.1, 0.15) is 21.6 Å². The summed E-state index contributed by atoms with van der Waals surface area (Å²) in [6.07, 6.45) is 0. The molecule has 17 heavy (non-hydrogen) atoms. The molecule has 1 aliphatic heterocycles. The average molecular weight is 230 g/mol. The van der Waals surface area contributed by atoms with E-state index in [9.17, 15) is 4.79 Å². The lowest BCUT2D eigenvalue weighted by Gasteiger charge is -2.12. The van der Waals surface area contributed by atoms with Gasteiger partial charge in [-0.15, -0.1) is 0 Å². The summed E-state index contributed by atoms with van der Waals surface area (Å²) in [4.78, 5) is 13.7. The van der Waals surface area contributed by atoms with Crippen LogP contribution in [0.15, 0.2) is 28.9 Å². The van der Waals surface area contributed by atoms with Crippen LogP contribution in [0.5, 0.6) is 0 Å². The number of fused-ring (bicyclic) bond motifs is 1. The van der Waals surface area contributed by atoms with E-state index in [4.69, 9.17) is 5.73 Å². The first-order valence-corrected chi connectivity index (χ1v) is 5.20. The van der Waals surface area contributed by atoms with Gasteiger partial charge >= 0.3 is 0 Å². The minimum Gasteiger partial charge on any atom is -0.379 e. The third kappa shape index (κ3) is 1.54. The fourth-order valence-corrected chi connectivity index (χ4v) is 1.97. The van der Waals surface area contributed by atoms with Gasteiger partial charge in [-0.05, 0) is 21.4 Å². The zero-order valence-corrected chi connectivity index (χ0v) is 8.96. The molecule has 2 aromatic rings. The summed E-state index contributed by atoms with van der Waals surface area (Å²) in [5.74, 6) is -0.217. The van der Waals surface area contributed by atoms with Crippen molar-refractivity contribution in [3.8, 4) is 0 Å². The maximum absolute atomic E-state index is 12.1. The number of nitrogen functional groups attached to an aromatic ring is 1. The number of anilines is 1. The smallest absolute Gasteiger partial charge is 0.280 e.